The molecule has 0 saturated carbocycles. The van der Waals surface area contributed by atoms with Crippen molar-refractivity contribution in [2.24, 2.45) is 5.73 Å². The number of furan rings is 1. The van der Waals surface area contributed by atoms with Gasteiger partial charge in [0.05, 0.1) is 27.0 Å². The second kappa shape index (κ2) is 10.7. The van der Waals surface area contributed by atoms with Gasteiger partial charge in [-0.05, 0) is 82.8 Å². The molecule has 7 heteroatoms. The number of aldehydes is 1. The molecule has 0 spiro atoms. The van der Waals surface area contributed by atoms with Gasteiger partial charge in [-0.1, -0.05) is 6.07 Å². The van der Waals surface area contributed by atoms with Crippen molar-refractivity contribution in [1.29, 1.82) is 0 Å². The lowest BCUT2D eigenvalue weighted by Gasteiger charge is -2.11. The second-order valence-electron chi connectivity index (χ2n) is 7.28. The number of phenolic OH excluding ortho intramolecular Hbond substituents is 1. The molecule has 0 atom stereocenters. The SMILES string of the molecule is COc1cc(/C=C2/C(C)=C(CC=O)c3cc(F)ccc32)cc(OC)c1O.NCc1ccco1. The number of hydrogen-bond donors (Lipinski definition) is 2. The number of allylic oxidation sites excluding steroid dienone is 3. The van der Waals surface area contributed by atoms with Crippen molar-refractivity contribution in [1.82, 2.24) is 0 Å². The molecule has 0 amide bonds. The molecule has 2 aromatic carbocycles. The van der Waals surface area contributed by atoms with Gasteiger partial charge in [-0.3, -0.25) is 0 Å². The van der Waals surface area contributed by atoms with Gasteiger partial charge in [0.25, 0.3) is 0 Å². The van der Waals surface area contributed by atoms with E-state index >= 15 is 0 Å². The molecule has 172 valence electrons. The fourth-order valence-corrected chi connectivity index (χ4v) is 3.69. The lowest BCUT2D eigenvalue weighted by molar-refractivity contribution is -0.107. The zero-order valence-electron chi connectivity index (χ0n) is 18.7. The summed E-state index contributed by atoms with van der Waals surface area (Å²) in [4.78, 5) is 11.1. The molecular weight excluding hydrogens is 425 g/mol. The number of rotatable bonds is 6. The topological polar surface area (TPSA) is 94.9 Å². The van der Waals surface area contributed by atoms with Crippen molar-refractivity contribution < 1.29 is 28.2 Å². The first kappa shape index (κ1) is 23.8. The van der Waals surface area contributed by atoms with Crippen LogP contribution in [0, 0.1) is 5.82 Å². The fourth-order valence-electron chi connectivity index (χ4n) is 3.69. The summed E-state index contributed by atoms with van der Waals surface area (Å²) in [6.45, 7) is 2.41. The number of hydrogen-bond acceptors (Lipinski definition) is 6. The number of methoxy groups -OCH3 is 2. The van der Waals surface area contributed by atoms with Crippen molar-refractivity contribution >= 4 is 23.5 Å². The largest absolute Gasteiger partial charge is 0.502 e. The number of nitrogens with two attached hydrogens (primary N) is 1. The van der Waals surface area contributed by atoms with Crippen molar-refractivity contribution in [2.45, 2.75) is 19.9 Å². The van der Waals surface area contributed by atoms with Gasteiger partial charge in [-0.2, -0.15) is 0 Å². The number of carbonyl (C=O) groups is 1. The minimum absolute atomic E-state index is 0.0695. The van der Waals surface area contributed by atoms with E-state index in [1.54, 1.807) is 24.5 Å². The summed E-state index contributed by atoms with van der Waals surface area (Å²) in [6, 6.07) is 11.6. The van der Waals surface area contributed by atoms with E-state index in [4.69, 9.17) is 19.6 Å². The second-order valence-corrected chi connectivity index (χ2v) is 7.28. The molecule has 4 rings (SSSR count). The fraction of sp³-hybridized carbons (Fsp3) is 0.192. The Bertz CT molecular complexity index is 1170. The molecule has 1 aliphatic rings. The van der Waals surface area contributed by atoms with Crippen LogP contribution in [-0.2, 0) is 11.3 Å². The van der Waals surface area contributed by atoms with Gasteiger partial charge in [-0.15, -0.1) is 0 Å². The Balaban J connectivity index is 0.000000374. The van der Waals surface area contributed by atoms with Crippen molar-refractivity contribution in [3.05, 3.63) is 82.6 Å². The molecule has 0 unspecified atom stereocenters. The summed E-state index contributed by atoms with van der Waals surface area (Å²) < 4.78 is 29.0. The van der Waals surface area contributed by atoms with Gasteiger partial charge in [0, 0.05) is 6.42 Å². The number of aromatic hydroxyl groups is 1. The summed E-state index contributed by atoms with van der Waals surface area (Å²) in [6.07, 6.45) is 4.57. The summed E-state index contributed by atoms with van der Waals surface area (Å²) >= 11 is 0. The van der Waals surface area contributed by atoms with Crippen LogP contribution >= 0.6 is 0 Å². The van der Waals surface area contributed by atoms with Crippen LogP contribution in [-0.4, -0.2) is 25.6 Å². The zero-order valence-corrected chi connectivity index (χ0v) is 18.7. The van der Waals surface area contributed by atoms with Gasteiger partial charge in [0.15, 0.2) is 11.5 Å². The molecule has 6 nitrogen and oxygen atoms in total. The maximum atomic E-state index is 13.7. The number of ether oxygens (including phenoxy) is 2. The highest BCUT2D eigenvalue weighted by Crippen LogP contribution is 2.45. The smallest absolute Gasteiger partial charge is 0.200 e. The Kier molecular flexibility index (Phi) is 7.69. The van der Waals surface area contributed by atoms with Crippen LogP contribution in [0.15, 0.2) is 58.7 Å². The molecular formula is C26H26FNO5. The normalized spacial score (nSPS) is 13.4. The lowest BCUT2D eigenvalue weighted by atomic mass is 10.00. The molecule has 1 heterocycles. The Labute approximate surface area is 191 Å². The van der Waals surface area contributed by atoms with E-state index in [1.165, 1.54) is 26.4 Å². The van der Waals surface area contributed by atoms with Crippen LogP contribution in [0.1, 0.15) is 35.8 Å². The predicted molar refractivity (Wildman–Crippen MR) is 125 cm³/mol. The third kappa shape index (κ3) is 5.15. The van der Waals surface area contributed by atoms with Gasteiger partial charge < -0.3 is 29.5 Å². The molecule has 0 aliphatic heterocycles. The first-order chi connectivity index (χ1) is 15.9. The van der Waals surface area contributed by atoms with Gasteiger partial charge in [-0.25, -0.2) is 4.39 Å². The molecule has 1 aliphatic carbocycles. The number of fused-ring (bicyclic) bond motifs is 1. The van der Waals surface area contributed by atoms with E-state index < -0.39 is 0 Å². The van der Waals surface area contributed by atoms with E-state index in [1.807, 2.05) is 25.1 Å². The third-order valence-corrected chi connectivity index (χ3v) is 5.34. The zero-order chi connectivity index (χ0) is 24.0. The minimum Gasteiger partial charge on any atom is -0.502 e. The molecule has 1 aromatic heterocycles. The van der Waals surface area contributed by atoms with Crippen molar-refractivity contribution in [3.8, 4) is 17.2 Å². The van der Waals surface area contributed by atoms with Gasteiger partial charge >= 0.3 is 0 Å². The van der Waals surface area contributed by atoms with E-state index in [-0.39, 0.29) is 18.0 Å². The third-order valence-electron chi connectivity index (χ3n) is 5.34. The highest BCUT2D eigenvalue weighted by molar-refractivity contribution is 6.06. The maximum Gasteiger partial charge on any atom is 0.200 e. The van der Waals surface area contributed by atoms with E-state index in [9.17, 15) is 14.3 Å². The molecule has 0 radical (unpaired) electrons. The Hall–Kier alpha value is -3.84. The lowest BCUT2D eigenvalue weighted by Crippen LogP contribution is -1.92. The van der Waals surface area contributed by atoms with Crippen LogP contribution in [0.25, 0.3) is 17.2 Å². The van der Waals surface area contributed by atoms with Crippen LogP contribution < -0.4 is 15.2 Å². The average molecular weight is 451 g/mol. The number of phenols is 1. The average Bonchev–Trinajstić information content (AvgIpc) is 3.43. The van der Waals surface area contributed by atoms with Crippen molar-refractivity contribution in [2.75, 3.05) is 14.2 Å². The highest BCUT2D eigenvalue weighted by atomic mass is 19.1. The highest BCUT2D eigenvalue weighted by Gasteiger charge is 2.24. The van der Waals surface area contributed by atoms with Crippen LogP contribution in [0.2, 0.25) is 0 Å². The minimum atomic E-state index is -0.339. The van der Waals surface area contributed by atoms with Crippen LogP contribution in [0.5, 0.6) is 17.2 Å². The van der Waals surface area contributed by atoms with Crippen LogP contribution in [0.4, 0.5) is 4.39 Å². The maximum absolute atomic E-state index is 13.7. The molecule has 0 saturated heterocycles. The van der Waals surface area contributed by atoms with E-state index in [0.717, 1.165) is 45.5 Å². The first-order valence-electron chi connectivity index (χ1n) is 10.3. The summed E-state index contributed by atoms with van der Waals surface area (Å²) in [5.74, 6) is 1.01. The van der Waals surface area contributed by atoms with E-state index in [0.29, 0.717) is 18.0 Å². The Morgan fingerprint density at radius 2 is 1.79 bits per heavy atom. The molecule has 33 heavy (non-hydrogen) atoms. The monoisotopic (exact) mass is 451 g/mol. The number of halogens is 1. The van der Waals surface area contributed by atoms with Gasteiger partial charge in [0.1, 0.15) is 17.9 Å². The molecule has 0 bridgehead atoms. The first-order valence-corrected chi connectivity index (χ1v) is 10.3. The number of carbonyl (C=O) groups excluding carboxylic acids is 1. The molecule has 3 aromatic rings. The van der Waals surface area contributed by atoms with Crippen LogP contribution in [0.3, 0.4) is 0 Å². The summed E-state index contributed by atoms with van der Waals surface area (Å²) in [7, 11) is 2.93. The Morgan fingerprint density at radius 1 is 1.09 bits per heavy atom. The molecule has 0 fully saturated rings. The molecule has 3 N–H and O–H groups in total. The van der Waals surface area contributed by atoms with E-state index in [2.05, 4.69) is 0 Å². The summed E-state index contributed by atoms with van der Waals surface area (Å²) in [5.41, 5.74) is 10.2. The standard InChI is InChI=1S/C21H19FO4.C5H7NO/c1-12-15(6-7-23)18-11-14(22)4-5-16(18)17(12)8-13-9-19(25-2)21(24)20(10-13)26-3;6-4-5-2-1-3-7-5/h4-5,7-11,24H,6H2,1-3H3;1-3H,4,6H2/b17-8-;. The predicted octanol–water partition coefficient (Wildman–Crippen LogP) is 5.20. The van der Waals surface area contributed by atoms with Crippen molar-refractivity contribution in [3.63, 3.8) is 0 Å². The van der Waals surface area contributed by atoms with Gasteiger partial charge in [0.2, 0.25) is 5.75 Å². The number of benzene rings is 2. The Morgan fingerprint density at radius 3 is 2.30 bits per heavy atom. The summed E-state index contributed by atoms with van der Waals surface area (Å²) in [5, 5.41) is 10.1. The quantitative estimate of drug-likeness (QED) is 0.500.